The maximum absolute atomic E-state index is 12.0. The van der Waals surface area contributed by atoms with Gasteiger partial charge < -0.3 is 10.4 Å². The Kier molecular flexibility index (Phi) is 2.91. The van der Waals surface area contributed by atoms with Crippen LogP contribution in [0, 0.1) is 0 Å². The molecule has 0 saturated heterocycles. The average Bonchev–Trinajstić information content (AvgIpc) is 2.87. The number of phenolic OH excluding ortho intramolecular Hbond substituents is 1. The zero-order valence-electron chi connectivity index (χ0n) is 11.8. The van der Waals surface area contributed by atoms with Gasteiger partial charge in [0.1, 0.15) is 5.75 Å². The molecule has 22 heavy (non-hydrogen) atoms. The van der Waals surface area contributed by atoms with Crippen LogP contribution >= 0.6 is 9.24 Å². The van der Waals surface area contributed by atoms with E-state index >= 15 is 0 Å². The fourth-order valence-corrected chi connectivity index (χ4v) is 3.25. The number of benzene rings is 3. The summed E-state index contributed by atoms with van der Waals surface area (Å²) in [5.74, 6) is 0.197. The van der Waals surface area contributed by atoms with Gasteiger partial charge in [-0.1, -0.05) is 30.3 Å². The first kappa shape index (κ1) is 13.3. The molecule has 3 aromatic rings. The van der Waals surface area contributed by atoms with Gasteiger partial charge in [0.2, 0.25) is 0 Å². The first-order chi connectivity index (χ1) is 10.6. The topological polar surface area (TPSA) is 49.3 Å². The van der Waals surface area contributed by atoms with E-state index in [1.165, 1.54) is 0 Å². The molecule has 0 aromatic heterocycles. The lowest BCUT2D eigenvalue weighted by atomic mass is 9.90. The van der Waals surface area contributed by atoms with E-state index in [9.17, 15) is 9.90 Å². The van der Waals surface area contributed by atoms with Crippen molar-refractivity contribution in [3.8, 4) is 16.9 Å². The van der Waals surface area contributed by atoms with E-state index < -0.39 is 0 Å². The van der Waals surface area contributed by atoms with Gasteiger partial charge in [0.25, 0.3) is 5.91 Å². The Morgan fingerprint density at radius 1 is 1.05 bits per heavy atom. The van der Waals surface area contributed by atoms with E-state index in [1.807, 2.05) is 36.4 Å². The SMILES string of the molecule is O=C1NCc2c1cc1ccc(O)cc1c2-c1ccc(P)cc1. The monoisotopic (exact) mass is 307 g/mol. The molecule has 0 bridgehead atoms. The van der Waals surface area contributed by atoms with Crippen LogP contribution in [0.3, 0.4) is 0 Å². The number of aromatic hydroxyl groups is 1. The number of carbonyl (C=O) groups is 1. The summed E-state index contributed by atoms with van der Waals surface area (Å²) in [6.45, 7) is 0.526. The van der Waals surface area contributed by atoms with E-state index in [1.54, 1.807) is 12.1 Å². The van der Waals surface area contributed by atoms with Gasteiger partial charge in [-0.25, -0.2) is 0 Å². The van der Waals surface area contributed by atoms with Gasteiger partial charge in [0.05, 0.1) is 0 Å². The number of amides is 1. The zero-order valence-corrected chi connectivity index (χ0v) is 12.9. The summed E-state index contributed by atoms with van der Waals surface area (Å²) in [5, 5.41) is 15.8. The predicted octanol–water partition coefficient (Wildman–Crippen LogP) is 2.96. The maximum atomic E-state index is 12.0. The van der Waals surface area contributed by atoms with Crippen molar-refractivity contribution < 1.29 is 9.90 Å². The van der Waals surface area contributed by atoms with Gasteiger partial charge in [0.15, 0.2) is 0 Å². The molecule has 108 valence electrons. The van der Waals surface area contributed by atoms with Crippen LogP contribution in [0.4, 0.5) is 0 Å². The summed E-state index contributed by atoms with van der Waals surface area (Å²) >= 11 is 0. The van der Waals surface area contributed by atoms with Gasteiger partial charge >= 0.3 is 0 Å². The third-order valence-corrected chi connectivity index (χ3v) is 4.49. The van der Waals surface area contributed by atoms with Crippen LogP contribution in [0.25, 0.3) is 21.9 Å². The summed E-state index contributed by atoms with van der Waals surface area (Å²) in [6, 6.07) is 15.3. The minimum Gasteiger partial charge on any atom is -0.508 e. The standard InChI is InChI=1S/C18H14NO2P/c20-12-4-1-11-7-15-16(9-19-18(15)21)17(14(11)8-12)10-2-5-13(22)6-3-10/h1-8,20H,9,22H2,(H,19,21). The number of hydrogen-bond donors (Lipinski definition) is 2. The molecule has 1 atom stereocenters. The van der Waals surface area contributed by atoms with Gasteiger partial charge in [-0.2, -0.15) is 0 Å². The molecule has 0 radical (unpaired) electrons. The Morgan fingerprint density at radius 3 is 2.59 bits per heavy atom. The molecule has 2 N–H and O–H groups in total. The van der Waals surface area contributed by atoms with Crippen molar-refractivity contribution >= 4 is 31.2 Å². The Labute approximate surface area is 130 Å². The van der Waals surface area contributed by atoms with Gasteiger partial charge in [-0.3, -0.25) is 4.79 Å². The second kappa shape index (κ2) is 4.82. The van der Waals surface area contributed by atoms with Gasteiger partial charge in [0, 0.05) is 12.1 Å². The number of fused-ring (bicyclic) bond motifs is 2. The first-order valence-corrected chi connectivity index (χ1v) is 7.64. The maximum Gasteiger partial charge on any atom is 0.251 e. The number of phenols is 1. The van der Waals surface area contributed by atoms with Crippen LogP contribution in [0.5, 0.6) is 5.75 Å². The highest BCUT2D eigenvalue weighted by Crippen LogP contribution is 2.37. The largest absolute Gasteiger partial charge is 0.508 e. The summed E-state index contributed by atoms with van der Waals surface area (Å²) in [6.07, 6.45) is 0. The van der Waals surface area contributed by atoms with Crippen LogP contribution < -0.4 is 10.6 Å². The van der Waals surface area contributed by atoms with E-state index in [0.29, 0.717) is 6.54 Å². The molecular formula is C18H14NO2P. The second-order valence-corrected chi connectivity index (χ2v) is 6.15. The molecule has 1 amide bonds. The normalized spacial score (nSPS) is 13.2. The highest BCUT2D eigenvalue weighted by molar-refractivity contribution is 7.27. The Bertz CT molecular complexity index is 917. The molecule has 1 aliphatic rings. The van der Waals surface area contributed by atoms with Crippen molar-refractivity contribution in [2.75, 3.05) is 0 Å². The summed E-state index contributed by atoms with van der Waals surface area (Å²) in [4.78, 5) is 12.0. The molecule has 0 fully saturated rings. The molecule has 3 nitrogen and oxygen atoms in total. The molecule has 0 spiro atoms. The van der Waals surface area contributed by atoms with Crippen LogP contribution in [0.2, 0.25) is 0 Å². The van der Waals surface area contributed by atoms with Crippen LogP contribution in [0.15, 0.2) is 48.5 Å². The second-order valence-electron chi connectivity index (χ2n) is 5.49. The van der Waals surface area contributed by atoms with E-state index in [0.717, 1.165) is 38.3 Å². The molecule has 1 heterocycles. The highest BCUT2D eigenvalue weighted by Gasteiger charge is 2.24. The average molecular weight is 307 g/mol. The number of carbonyl (C=O) groups excluding carboxylic acids is 1. The molecule has 3 aromatic carbocycles. The smallest absolute Gasteiger partial charge is 0.251 e. The predicted molar refractivity (Wildman–Crippen MR) is 91.6 cm³/mol. The van der Waals surface area contributed by atoms with Crippen molar-refractivity contribution in [2.24, 2.45) is 0 Å². The lowest BCUT2D eigenvalue weighted by molar-refractivity contribution is 0.0966. The highest BCUT2D eigenvalue weighted by atomic mass is 31.0. The fourth-order valence-electron chi connectivity index (χ4n) is 3.06. The van der Waals surface area contributed by atoms with Crippen molar-refractivity contribution in [3.63, 3.8) is 0 Å². The van der Waals surface area contributed by atoms with Gasteiger partial charge in [-0.05, 0) is 51.0 Å². The van der Waals surface area contributed by atoms with Crippen molar-refractivity contribution in [3.05, 3.63) is 59.7 Å². The summed E-state index contributed by atoms with van der Waals surface area (Å²) in [5.41, 5.74) is 3.80. The molecule has 0 saturated carbocycles. The van der Waals surface area contributed by atoms with Crippen LogP contribution in [-0.4, -0.2) is 11.0 Å². The lowest BCUT2D eigenvalue weighted by Crippen LogP contribution is -2.12. The minimum atomic E-state index is -0.0334. The van der Waals surface area contributed by atoms with Gasteiger partial charge in [-0.15, -0.1) is 9.24 Å². The summed E-state index contributed by atoms with van der Waals surface area (Å²) in [7, 11) is 2.67. The Hall–Kier alpha value is -2.38. The third kappa shape index (κ3) is 1.98. The van der Waals surface area contributed by atoms with E-state index in [4.69, 9.17) is 0 Å². The fraction of sp³-hybridized carbons (Fsp3) is 0.0556. The number of hydrogen-bond acceptors (Lipinski definition) is 2. The Morgan fingerprint density at radius 2 is 1.82 bits per heavy atom. The van der Waals surface area contributed by atoms with E-state index in [2.05, 4.69) is 14.6 Å². The quantitative estimate of drug-likeness (QED) is 0.679. The summed E-state index contributed by atoms with van der Waals surface area (Å²) < 4.78 is 0. The molecule has 0 aliphatic carbocycles. The zero-order chi connectivity index (χ0) is 15.3. The van der Waals surface area contributed by atoms with Crippen molar-refractivity contribution in [2.45, 2.75) is 6.54 Å². The minimum absolute atomic E-state index is 0.0334. The van der Waals surface area contributed by atoms with Crippen molar-refractivity contribution in [1.29, 1.82) is 0 Å². The molecule has 1 unspecified atom stereocenters. The molecule has 1 aliphatic heterocycles. The molecular weight excluding hydrogens is 293 g/mol. The lowest BCUT2D eigenvalue weighted by Gasteiger charge is -2.13. The van der Waals surface area contributed by atoms with Crippen LogP contribution in [0.1, 0.15) is 15.9 Å². The Balaban J connectivity index is 2.12. The first-order valence-electron chi connectivity index (χ1n) is 7.06. The van der Waals surface area contributed by atoms with Crippen molar-refractivity contribution in [1.82, 2.24) is 5.32 Å². The molecule has 4 rings (SSSR count). The number of nitrogens with one attached hydrogen (secondary N) is 1. The van der Waals surface area contributed by atoms with E-state index in [-0.39, 0.29) is 11.7 Å². The molecule has 4 heteroatoms. The van der Waals surface area contributed by atoms with Crippen LogP contribution in [-0.2, 0) is 6.54 Å². The third-order valence-electron chi connectivity index (χ3n) is 4.10. The number of rotatable bonds is 1.